The fourth-order valence-corrected chi connectivity index (χ4v) is 2.33. The van der Waals surface area contributed by atoms with Gasteiger partial charge in [-0.05, 0) is 35.9 Å². The molecule has 0 unspecified atom stereocenters. The van der Waals surface area contributed by atoms with Crippen molar-refractivity contribution >= 4 is 34.1 Å². The number of aromatic amines is 1. The van der Waals surface area contributed by atoms with Gasteiger partial charge in [0.15, 0.2) is 0 Å². The Morgan fingerprint density at radius 1 is 1.19 bits per heavy atom. The molecule has 0 aliphatic rings. The molecular weight excluding hydrogens is 286 g/mol. The van der Waals surface area contributed by atoms with Crippen molar-refractivity contribution in [2.45, 2.75) is 6.54 Å². The van der Waals surface area contributed by atoms with Crippen LogP contribution in [0.15, 0.2) is 48.7 Å². The quantitative estimate of drug-likeness (QED) is 0.649. The van der Waals surface area contributed by atoms with Crippen molar-refractivity contribution in [3.8, 4) is 0 Å². The summed E-state index contributed by atoms with van der Waals surface area (Å²) in [7, 11) is 0. The first-order chi connectivity index (χ1) is 10.1. The number of carbonyl (C=O) groups is 1. The molecule has 3 rings (SSSR count). The minimum atomic E-state index is -0.137. The summed E-state index contributed by atoms with van der Waals surface area (Å²) in [4.78, 5) is 15.3. The van der Waals surface area contributed by atoms with Crippen molar-refractivity contribution in [3.05, 3.63) is 64.8 Å². The molecule has 1 aromatic heterocycles. The first-order valence-corrected chi connectivity index (χ1v) is 6.90. The molecule has 0 saturated heterocycles. The minimum Gasteiger partial charge on any atom is -0.399 e. The van der Waals surface area contributed by atoms with Gasteiger partial charge in [-0.15, -0.1) is 0 Å². The maximum atomic E-state index is 12.3. The first-order valence-electron chi connectivity index (χ1n) is 6.53. The number of amides is 1. The standard InChI is InChI=1S/C16H14ClN3O/c17-11-3-1-10(2-4-11)8-20-16(21)14-9-19-15-6-5-12(18)7-13(14)15/h1-7,9,19H,8,18H2,(H,20,21). The number of anilines is 1. The summed E-state index contributed by atoms with van der Waals surface area (Å²) in [6.45, 7) is 0.449. The summed E-state index contributed by atoms with van der Waals surface area (Å²) in [6.07, 6.45) is 1.70. The van der Waals surface area contributed by atoms with E-state index in [0.717, 1.165) is 16.5 Å². The molecular formula is C16H14ClN3O. The van der Waals surface area contributed by atoms with E-state index in [-0.39, 0.29) is 5.91 Å². The number of rotatable bonds is 3. The number of hydrogen-bond acceptors (Lipinski definition) is 2. The number of fused-ring (bicyclic) bond motifs is 1. The van der Waals surface area contributed by atoms with E-state index >= 15 is 0 Å². The van der Waals surface area contributed by atoms with E-state index in [1.807, 2.05) is 18.2 Å². The predicted octanol–water partition coefficient (Wildman–Crippen LogP) is 3.33. The summed E-state index contributed by atoms with van der Waals surface area (Å²) >= 11 is 5.83. The fourth-order valence-electron chi connectivity index (χ4n) is 2.21. The van der Waals surface area contributed by atoms with Crippen molar-refractivity contribution in [1.29, 1.82) is 0 Å². The molecule has 0 bridgehead atoms. The number of nitrogens with one attached hydrogen (secondary N) is 2. The smallest absolute Gasteiger partial charge is 0.253 e. The van der Waals surface area contributed by atoms with Crippen LogP contribution in [0.2, 0.25) is 5.02 Å². The highest BCUT2D eigenvalue weighted by Crippen LogP contribution is 2.21. The van der Waals surface area contributed by atoms with Gasteiger partial charge in [0, 0.05) is 34.4 Å². The lowest BCUT2D eigenvalue weighted by Gasteiger charge is -2.05. The highest BCUT2D eigenvalue weighted by molar-refractivity contribution is 6.30. The number of nitrogens with two attached hydrogens (primary N) is 1. The number of carbonyl (C=O) groups excluding carboxylic acids is 1. The van der Waals surface area contributed by atoms with Gasteiger partial charge in [-0.3, -0.25) is 4.79 Å². The number of benzene rings is 2. The molecule has 106 valence electrons. The van der Waals surface area contributed by atoms with Crippen LogP contribution in [0.4, 0.5) is 5.69 Å². The van der Waals surface area contributed by atoms with Gasteiger partial charge in [0.2, 0.25) is 0 Å². The van der Waals surface area contributed by atoms with Gasteiger partial charge in [0.05, 0.1) is 5.56 Å². The second kappa shape index (κ2) is 5.50. The van der Waals surface area contributed by atoms with Crippen molar-refractivity contribution in [3.63, 3.8) is 0 Å². The van der Waals surface area contributed by atoms with Gasteiger partial charge in [-0.1, -0.05) is 23.7 Å². The number of halogens is 1. The summed E-state index contributed by atoms with van der Waals surface area (Å²) in [5.74, 6) is -0.137. The molecule has 21 heavy (non-hydrogen) atoms. The highest BCUT2D eigenvalue weighted by atomic mass is 35.5. The average molecular weight is 300 g/mol. The molecule has 4 nitrogen and oxygen atoms in total. The fraction of sp³-hybridized carbons (Fsp3) is 0.0625. The normalized spacial score (nSPS) is 10.7. The lowest BCUT2D eigenvalue weighted by Crippen LogP contribution is -2.22. The second-order valence-electron chi connectivity index (χ2n) is 4.82. The van der Waals surface area contributed by atoms with Crippen LogP contribution in [0, 0.1) is 0 Å². The van der Waals surface area contributed by atoms with Crippen LogP contribution in [0.3, 0.4) is 0 Å². The molecule has 4 N–H and O–H groups in total. The Labute approximate surface area is 126 Å². The third kappa shape index (κ3) is 2.85. The first kappa shape index (κ1) is 13.5. The Balaban J connectivity index is 1.78. The number of H-pyrrole nitrogens is 1. The molecule has 0 fully saturated rings. The topological polar surface area (TPSA) is 70.9 Å². The molecule has 0 spiro atoms. The molecule has 5 heteroatoms. The molecule has 0 aliphatic heterocycles. The van der Waals surface area contributed by atoms with Crippen molar-refractivity contribution in [1.82, 2.24) is 10.3 Å². The Hall–Kier alpha value is -2.46. The number of nitrogen functional groups attached to an aromatic ring is 1. The van der Waals surface area contributed by atoms with E-state index in [0.29, 0.717) is 22.8 Å². The van der Waals surface area contributed by atoms with Crippen LogP contribution >= 0.6 is 11.6 Å². The van der Waals surface area contributed by atoms with Gasteiger partial charge in [-0.25, -0.2) is 0 Å². The number of aromatic nitrogens is 1. The van der Waals surface area contributed by atoms with E-state index in [4.69, 9.17) is 17.3 Å². The molecule has 1 amide bonds. The Morgan fingerprint density at radius 2 is 1.95 bits per heavy atom. The summed E-state index contributed by atoms with van der Waals surface area (Å²) in [6, 6.07) is 12.8. The van der Waals surface area contributed by atoms with E-state index in [1.54, 1.807) is 30.5 Å². The van der Waals surface area contributed by atoms with Gasteiger partial charge in [0.25, 0.3) is 5.91 Å². The zero-order valence-electron chi connectivity index (χ0n) is 11.2. The molecule has 3 aromatic rings. The molecule has 0 aliphatic carbocycles. The Bertz CT molecular complexity index is 793. The second-order valence-corrected chi connectivity index (χ2v) is 5.25. The van der Waals surface area contributed by atoms with E-state index in [2.05, 4.69) is 10.3 Å². The lowest BCUT2D eigenvalue weighted by molar-refractivity contribution is 0.0952. The highest BCUT2D eigenvalue weighted by Gasteiger charge is 2.11. The van der Waals surface area contributed by atoms with E-state index in [1.165, 1.54) is 0 Å². The third-order valence-electron chi connectivity index (χ3n) is 3.32. The maximum Gasteiger partial charge on any atom is 0.253 e. The summed E-state index contributed by atoms with van der Waals surface area (Å²) in [5.41, 5.74) is 8.88. The van der Waals surface area contributed by atoms with Gasteiger partial charge >= 0.3 is 0 Å². The van der Waals surface area contributed by atoms with Crippen molar-refractivity contribution in [2.75, 3.05) is 5.73 Å². The lowest BCUT2D eigenvalue weighted by atomic mass is 10.1. The zero-order valence-corrected chi connectivity index (χ0v) is 11.9. The van der Waals surface area contributed by atoms with Crippen LogP contribution in [0.25, 0.3) is 10.9 Å². The van der Waals surface area contributed by atoms with Gasteiger partial charge in [-0.2, -0.15) is 0 Å². The zero-order chi connectivity index (χ0) is 14.8. The van der Waals surface area contributed by atoms with Crippen molar-refractivity contribution in [2.24, 2.45) is 0 Å². The van der Waals surface area contributed by atoms with E-state index in [9.17, 15) is 4.79 Å². The van der Waals surface area contributed by atoms with Gasteiger partial charge < -0.3 is 16.0 Å². The largest absolute Gasteiger partial charge is 0.399 e. The van der Waals surface area contributed by atoms with Crippen LogP contribution in [0.1, 0.15) is 15.9 Å². The molecule has 1 heterocycles. The van der Waals surface area contributed by atoms with E-state index < -0.39 is 0 Å². The SMILES string of the molecule is Nc1ccc2[nH]cc(C(=O)NCc3ccc(Cl)cc3)c2c1. The van der Waals surface area contributed by atoms with Crippen LogP contribution in [-0.4, -0.2) is 10.9 Å². The summed E-state index contributed by atoms with van der Waals surface area (Å²) < 4.78 is 0. The molecule has 2 aromatic carbocycles. The van der Waals surface area contributed by atoms with Crippen molar-refractivity contribution < 1.29 is 4.79 Å². The monoisotopic (exact) mass is 299 g/mol. The third-order valence-corrected chi connectivity index (χ3v) is 3.57. The van der Waals surface area contributed by atoms with Gasteiger partial charge in [0.1, 0.15) is 0 Å². The van der Waals surface area contributed by atoms with Crippen LogP contribution in [0.5, 0.6) is 0 Å². The van der Waals surface area contributed by atoms with Crippen LogP contribution in [-0.2, 0) is 6.54 Å². The number of hydrogen-bond donors (Lipinski definition) is 3. The predicted molar refractivity (Wildman–Crippen MR) is 85.3 cm³/mol. The Morgan fingerprint density at radius 3 is 2.71 bits per heavy atom. The Kier molecular flexibility index (Phi) is 3.54. The molecule has 0 saturated carbocycles. The average Bonchev–Trinajstić information content (AvgIpc) is 2.89. The van der Waals surface area contributed by atoms with Crippen LogP contribution < -0.4 is 11.1 Å². The maximum absolute atomic E-state index is 12.3. The minimum absolute atomic E-state index is 0.137. The molecule has 0 radical (unpaired) electrons. The summed E-state index contributed by atoms with van der Waals surface area (Å²) in [5, 5.41) is 4.39. The molecule has 0 atom stereocenters.